The molecular formula is C21H18BrClO13S2. The van der Waals surface area contributed by atoms with Crippen molar-refractivity contribution in [2.45, 2.75) is 15.9 Å². The van der Waals surface area contributed by atoms with Crippen LogP contribution in [0.1, 0.15) is 22.0 Å². The van der Waals surface area contributed by atoms with Crippen LogP contribution in [0.4, 0.5) is 0 Å². The van der Waals surface area contributed by atoms with Gasteiger partial charge in [-0.1, -0.05) is 41.9 Å². The van der Waals surface area contributed by atoms with E-state index < -0.39 is 59.6 Å². The van der Waals surface area contributed by atoms with Crippen LogP contribution in [0.5, 0.6) is 11.5 Å². The van der Waals surface area contributed by atoms with E-state index in [0.29, 0.717) is 22.2 Å². The predicted molar refractivity (Wildman–Crippen MR) is 135 cm³/mol. The van der Waals surface area contributed by atoms with Gasteiger partial charge in [-0.3, -0.25) is 9.11 Å². The number of phenolic OH excluding ortho intramolecular Hbond substituents is 2. The Morgan fingerprint density at radius 2 is 1.21 bits per heavy atom. The van der Waals surface area contributed by atoms with Crippen LogP contribution in [0.3, 0.4) is 0 Å². The van der Waals surface area contributed by atoms with Crippen LogP contribution >= 0.6 is 27.5 Å². The fourth-order valence-electron chi connectivity index (χ4n) is 2.42. The Kier molecular flexibility index (Phi) is 11.7. The number of hydrogen-bond acceptors (Lipinski definition) is 9. The molecule has 0 fully saturated rings. The summed E-state index contributed by atoms with van der Waals surface area (Å²) in [6.45, 7) is 0. The molecule has 13 nitrogen and oxygen atoms in total. The van der Waals surface area contributed by atoms with Crippen molar-refractivity contribution in [1.82, 2.24) is 0 Å². The second-order valence-corrected chi connectivity index (χ2v) is 10.8. The van der Waals surface area contributed by atoms with Crippen molar-refractivity contribution in [2.24, 2.45) is 0 Å². The van der Waals surface area contributed by atoms with Gasteiger partial charge in [-0.25, -0.2) is 9.59 Å². The summed E-state index contributed by atoms with van der Waals surface area (Å²) in [6.07, 6.45) is -1.54. The molecule has 17 heteroatoms. The van der Waals surface area contributed by atoms with Crippen molar-refractivity contribution in [2.75, 3.05) is 0 Å². The van der Waals surface area contributed by atoms with E-state index in [1.54, 1.807) is 36.4 Å². The molecule has 1 unspecified atom stereocenters. The van der Waals surface area contributed by atoms with E-state index in [-0.39, 0.29) is 10.6 Å². The van der Waals surface area contributed by atoms with Gasteiger partial charge in [0, 0.05) is 27.2 Å². The van der Waals surface area contributed by atoms with Crippen molar-refractivity contribution in [3.8, 4) is 11.5 Å². The third-order valence-electron chi connectivity index (χ3n) is 4.13. The second-order valence-electron chi connectivity index (χ2n) is 6.79. The van der Waals surface area contributed by atoms with Gasteiger partial charge in [-0.2, -0.15) is 16.8 Å². The lowest BCUT2D eigenvalue weighted by atomic mass is 10.1. The summed E-state index contributed by atoms with van der Waals surface area (Å²) >= 11 is 8.76. The smallest absolute Gasteiger partial charge is 0.337 e. The van der Waals surface area contributed by atoms with E-state index in [0.717, 1.165) is 0 Å². The first-order chi connectivity index (χ1) is 17.4. The number of hydrogen-bond donors (Lipinski definition) is 7. The normalized spacial score (nSPS) is 11.7. The lowest BCUT2D eigenvalue weighted by Crippen LogP contribution is -2.10. The van der Waals surface area contributed by atoms with Gasteiger partial charge in [-0.15, -0.1) is 0 Å². The molecule has 0 aliphatic rings. The zero-order valence-electron chi connectivity index (χ0n) is 18.5. The summed E-state index contributed by atoms with van der Waals surface area (Å²) in [7, 11) is -9.61. The minimum atomic E-state index is -4.80. The predicted octanol–water partition coefficient (Wildman–Crippen LogP) is 3.20. The maximum absolute atomic E-state index is 10.6. The molecule has 206 valence electrons. The Morgan fingerprint density at radius 3 is 1.55 bits per heavy atom. The van der Waals surface area contributed by atoms with E-state index in [2.05, 4.69) is 15.9 Å². The molecule has 7 N–H and O–H groups in total. The summed E-state index contributed by atoms with van der Waals surface area (Å²) in [4.78, 5) is 18.6. The number of carbonyl (C=O) groups is 2. The topological polar surface area (TPSA) is 244 Å². The molecule has 0 aliphatic carbocycles. The van der Waals surface area contributed by atoms with Crippen LogP contribution < -0.4 is 0 Å². The van der Waals surface area contributed by atoms with Crippen LogP contribution in [-0.4, -0.2) is 63.4 Å². The lowest BCUT2D eigenvalue weighted by molar-refractivity contribution is -0.146. The molecule has 0 bridgehead atoms. The van der Waals surface area contributed by atoms with Crippen LogP contribution in [0.25, 0.3) is 0 Å². The number of carboxylic acids is 2. The van der Waals surface area contributed by atoms with Crippen LogP contribution in [-0.2, 0) is 25.0 Å². The molecule has 3 aromatic rings. The van der Waals surface area contributed by atoms with Crippen LogP contribution in [0.15, 0.2) is 74.9 Å². The Balaban J connectivity index is 0.000000294. The molecule has 0 saturated heterocycles. The highest BCUT2D eigenvalue weighted by atomic mass is 79.9. The molecule has 0 spiro atoms. The van der Waals surface area contributed by atoms with Gasteiger partial charge in [0.2, 0.25) is 0 Å². The van der Waals surface area contributed by atoms with Crippen molar-refractivity contribution >= 4 is 59.7 Å². The lowest BCUT2D eigenvalue weighted by Gasteiger charge is -2.06. The van der Waals surface area contributed by atoms with Crippen molar-refractivity contribution in [3.05, 3.63) is 81.3 Å². The molecule has 0 radical (unpaired) electrons. The number of halogens is 2. The molecule has 0 amide bonds. The third kappa shape index (κ3) is 9.56. The van der Waals surface area contributed by atoms with Gasteiger partial charge in [0.05, 0.1) is 5.56 Å². The summed E-state index contributed by atoms with van der Waals surface area (Å²) in [5.41, 5.74) is 0.508. The highest BCUT2D eigenvalue weighted by Crippen LogP contribution is 2.33. The van der Waals surface area contributed by atoms with E-state index in [1.165, 1.54) is 12.1 Å². The van der Waals surface area contributed by atoms with Crippen molar-refractivity contribution in [3.63, 3.8) is 0 Å². The first-order valence-corrected chi connectivity index (χ1v) is 13.6. The summed E-state index contributed by atoms with van der Waals surface area (Å²) in [5, 5.41) is 44.5. The number of phenols is 2. The first kappa shape index (κ1) is 32.8. The second kappa shape index (κ2) is 13.5. The fraction of sp³-hybridized carbons (Fsp3) is 0.0476. The first-order valence-electron chi connectivity index (χ1n) is 9.52. The van der Waals surface area contributed by atoms with Gasteiger partial charge in [0.1, 0.15) is 21.3 Å². The maximum atomic E-state index is 10.6. The Labute approximate surface area is 228 Å². The van der Waals surface area contributed by atoms with Crippen LogP contribution in [0.2, 0.25) is 5.02 Å². The SMILES string of the molecule is O=C(O)C(O)c1ccccc1Cl.O=C(O)c1ccccc1Br.O=S(=O)(O)c1cc(O)c(S(=O)(=O)O)cc1O. The van der Waals surface area contributed by atoms with E-state index in [9.17, 15) is 26.4 Å². The van der Waals surface area contributed by atoms with Crippen molar-refractivity contribution < 1.29 is 61.1 Å². The quantitative estimate of drug-likeness (QED) is 0.154. The average Bonchev–Trinajstić information content (AvgIpc) is 2.79. The Bertz CT molecular complexity index is 1480. The zero-order valence-corrected chi connectivity index (χ0v) is 22.5. The molecule has 1 atom stereocenters. The number of aliphatic hydroxyl groups excluding tert-OH is 1. The Morgan fingerprint density at radius 1 is 0.789 bits per heavy atom. The minimum absolute atomic E-state index is 0.215. The largest absolute Gasteiger partial charge is 0.506 e. The maximum Gasteiger partial charge on any atom is 0.337 e. The van der Waals surface area contributed by atoms with Gasteiger partial charge in [-0.05, 0) is 34.1 Å². The van der Waals surface area contributed by atoms with Gasteiger partial charge < -0.3 is 25.5 Å². The monoisotopic (exact) mass is 656 g/mol. The average molecular weight is 658 g/mol. The zero-order chi connectivity index (χ0) is 29.4. The highest BCUT2D eigenvalue weighted by molar-refractivity contribution is 9.10. The summed E-state index contributed by atoms with van der Waals surface area (Å²) in [6, 6.07) is 13.6. The number of aliphatic hydroxyl groups is 1. The minimum Gasteiger partial charge on any atom is -0.506 e. The molecule has 38 heavy (non-hydrogen) atoms. The number of carboxylic acid groups (broad SMARTS) is 2. The number of aliphatic carboxylic acids is 1. The number of benzene rings is 3. The number of aromatic hydroxyl groups is 2. The summed E-state index contributed by atoms with van der Waals surface area (Å²) in [5.74, 6) is -4.45. The van der Waals surface area contributed by atoms with Gasteiger partial charge in [0.25, 0.3) is 20.2 Å². The standard InChI is InChI=1S/C8H7ClO3.C7H5BrO2.C6H6O8S2/c9-6-4-2-1-3-5(6)7(10)8(11)12;8-6-4-2-1-3-5(6)7(9)10;7-3-1-5(15(9,10)11)4(8)2-6(3)16(12,13)14/h1-4,7,10H,(H,11,12);1-4H,(H,9,10);1-2,7-8H,(H,9,10,11)(H,12,13,14). The molecular weight excluding hydrogens is 640 g/mol. The molecule has 0 heterocycles. The molecule has 0 saturated carbocycles. The fourth-order valence-corrected chi connectivity index (χ4v) is 4.28. The van der Waals surface area contributed by atoms with Crippen LogP contribution in [0, 0.1) is 0 Å². The molecule has 0 aliphatic heterocycles. The number of aromatic carboxylic acids is 1. The van der Waals surface area contributed by atoms with Gasteiger partial charge >= 0.3 is 11.9 Å². The third-order valence-corrected chi connectivity index (χ3v) is 6.94. The van der Waals surface area contributed by atoms with Crippen molar-refractivity contribution in [1.29, 1.82) is 0 Å². The van der Waals surface area contributed by atoms with E-state index in [1.807, 2.05) is 0 Å². The molecule has 3 rings (SSSR count). The Hall–Kier alpha value is -3.25. The molecule has 0 aromatic heterocycles. The van der Waals surface area contributed by atoms with E-state index >= 15 is 0 Å². The highest BCUT2D eigenvalue weighted by Gasteiger charge is 2.23. The van der Waals surface area contributed by atoms with E-state index in [4.69, 9.17) is 46.2 Å². The molecule has 3 aromatic carbocycles. The van der Waals surface area contributed by atoms with Gasteiger partial charge in [0.15, 0.2) is 6.10 Å². The number of rotatable bonds is 5. The summed E-state index contributed by atoms with van der Waals surface area (Å²) < 4.78 is 60.3.